The van der Waals surface area contributed by atoms with Crippen molar-refractivity contribution in [2.75, 3.05) is 0 Å². The lowest BCUT2D eigenvalue weighted by Crippen LogP contribution is -2.33. The Balaban J connectivity index is 1.93. The van der Waals surface area contributed by atoms with E-state index in [-0.39, 0.29) is 10.7 Å². The Morgan fingerprint density at radius 1 is 1.45 bits per heavy atom. The van der Waals surface area contributed by atoms with Gasteiger partial charge in [-0.1, -0.05) is 43.9 Å². The summed E-state index contributed by atoms with van der Waals surface area (Å²) >= 11 is 5.82. The third-order valence-corrected chi connectivity index (χ3v) is 4.48. The molecule has 1 aliphatic rings. The lowest BCUT2D eigenvalue weighted by Gasteiger charge is -2.29. The summed E-state index contributed by atoms with van der Waals surface area (Å²) in [5.41, 5.74) is 0.903. The Hall–Kier alpha value is -1.13. The second-order valence-electron chi connectivity index (χ2n) is 5.56. The van der Waals surface area contributed by atoms with Gasteiger partial charge in [0.25, 0.3) is 5.69 Å². The summed E-state index contributed by atoms with van der Waals surface area (Å²) in [7, 11) is 0. The minimum Gasteiger partial charge on any atom is -0.310 e. The van der Waals surface area contributed by atoms with Gasteiger partial charge in [-0.15, -0.1) is 0 Å². The van der Waals surface area contributed by atoms with Crippen LogP contribution in [0.5, 0.6) is 0 Å². The molecule has 0 bridgehead atoms. The van der Waals surface area contributed by atoms with Crippen LogP contribution in [0.3, 0.4) is 0 Å². The maximum atomic E-state index is 10.9. The van der Waals surface area contributed by atoms with Gasteiger partial charge in [-0.3, -0.25) is 10.1 Å². The van der Waals surface area contributed by atoms with Gasteiger partial charge < -0.3 is 5.32 Å². The van der Waals surface area contributed by atoms with Crippen molar-refractivity contribution >= 4 is 17.3 Å². The van der Waals surface area contributed by atoms with E-state index in [1.165, 1.54) is 32.1 Å². The van der Waals surface area contributed by atoms with Crippen molar-refractivity contribution in [1.29, 1.82) is 0 Å². The molecule has 2 atom stereocenters. The van der Waals surface area contributed by atoms with Crippen LogP contribution in [-0.2, 0) is 6.54 Å². The first kappa shape index (κ1) is 15.3. The first-order valence-electron chi connectivity index (χ1n) is 7.26. The standard InChI is InChI=1S/C15H21ClN2O2/c1-2-11-4-3-5-13(8-11)17-10-12-6-7-14(16)15(9-12)18(19)20/h6-7,9,11,13,17H,2-5,8,10H2,1H3. The Morgan fingerprint density at radius 2 is 2.25 bits per heavy atom. The minimum atomic E-state index is -0.431. The number of rotatable bonds is 5. The summed E-state index contributed by atoms with van der Waals surface area (Å²) in [4.78, 5) is 10.4. The minimum absolute atomic E-state index is 0.0129. The molecule has 2 unspecified atom stereocenters. The number of halogens is 1. The van der Waals surface area contributed by atoms with Gasteiger partial charge in [0.05, 0.1) is 4.92 Å². The highest BCUT2D eigenvalue weighted by atomic mass is 35.5. The molecule has 20 heavy (non-hydrogen) atoms. The van der Waals surface area contributed by atoms with Gasteiger partial charge in [0.2, 0.25) is 0 Å². The Morgan fingerprint density at radius 3 is 2.95 bits per heavy atom. The van der Waals surface area contributed by atoms with Crippen molar-refractivity contribution < 1.29 is 4.92 Å². The van der Waals surface area contributed by atoms with Gasteiger partial charge in [-0.25, -0.2) is 0 Å². The number of nitrogens with one attached hydrogen (secondary N) is 1. The van der Waals surface area contributed by atoms with Gasteiger partial charge in [-0.2, -0.15) is 0 Å². The predicted molar refractivity (Wildman–Crippen MR) is 81.0 cm³/mol. The van der Waals surface area contributed by atoms with E-state index in [2.05, 4.69) is 12.2 Å². The summed E-state index contributed by atoms with van der Waals surface area (Å²) in [5.74, 6) is 0.820. The fourth-order valence-corrected chi connectivity index (χ4v) is 3.10. The summed E-state index contributed by atoms with van der Waals surface area (Å²) < 4.78 is 0. The van der Waals surface area contributed by atoms with Crippen LogP contribution in [0.15, 0.2) is 18.2 Å². The van der Waals surface area contributed by atoms with Gasteiger partial charge >= 0.3 is 0 Å². The normalized spacial score (nSPS) is 22.7. The highest BCUT2D eigenvalue weighted by Crippen LogP contribution is 2.28. The van der Waals surface area contributed by atoms with E-state index in [9.17, 15) is 10.1 Å². The molecule has 0 aromatic heterocycles. The number of nitrogens with zero attached hydrogens (tertiary/aromatic N) is 1. The maximum Gasteiger partial charge on any atom is 0.288 e. The van der Waals surface area contributed by atoms with E-state index in [4.69, 9.17) is 11.6 Å². The van der Waals surface area contributed by atoms with E-state index in [0.717, 1.165) is 11.5 Å². The molecule has 5 heteroatoms. The molecule has 4 nitrogen and oxygen atoms in total. The van der Waals surface area contributed by atoms with Crippen LogP contribution >= 0.6 is 11.6 Å². The maximum absolute atomic E-state index is 10.9. The molecule has 0 spiro atoms. The van der Waals surface area contributed by atoms with Crippen LogP contribution in [-0.4, -0.2) is 11.0 Å². The number of hydrogen-bond donors (Lipinski definition) is 1. The molecular formula is C15H21ClN2O2. The number of hydrogen-bond acceptors (Lipinski definition) is 3. The molecule has 110 valence electrons. The van der Waals surface area contributed by atoms with Crippen molar-refractivity contribution in [3.8, 4) is 0 Å². The molecule has 1 aromatic carbocycles. The third kappa shape index (κ3) is 3.93. The van der Waals surface area contributed by atoms with Crippen LogP contribution in [0.4, 0.5) is 5.69 Å². The van der Waals surface area contributed by atoms with Crippen molar-refractivity contribution in [3.05, 3.63) is 38.9 Å². The fourth-order valence-electron chi connectivity index (χ4n) is 2.92. The molecule has 0 amide bonds. The molecule has 1 aromatic rings. The van der Waals surface area contributed by atoms with Crippen molar-refractivity contribution in [2.45, 2.75) is 51.6 Å². The smallest absolute Gasteiger partial charge is 0.288 e. The average molecular weight is 297 g/mol. The summed E-state index contributed by atoms with van der Waals surface area (Å²) in [6, 6.07) is 5.55. The summed E-state index contributed by atoms with van der Waals surface area (Å²) in [5, 5.41) is 14.6. The largest absolute Gasteiger partial charge is 0.310 e. The fraction of sp³-hybridized carbons (Fsp3) is 0.600. The molecule has 0 aliphatic heterocycles. The molecule has 0 radical (unpaired) electrons. The van der Waals surface area contributed by atoms with Gasteiger partial charge in [0, 0.05) is 18.7 Å². The monoisotopic (exact) mass is 296 g/mol. The zero-order chi connectivity index (χ0) is 14.5. The Kier molecular flexibility index (Phi) is 5.38. The lowest BCUT2D eigenvalue weighted by atomic mass is 9.84. The van der Waals surface area contributed by atoms with E-state index < -0.39 is 4.92 Å². The van der Waals surface area contributed by atoms with E-state index in [1.54, 1.807) is 12.1 Å². The molecule has 0 saturated heterocycles. The molecule has 1 saturated carbocycles. The Labute approximate surface area is 124 Å². The second-order valence-corrected chi connectivity index (χ2v) is 5.97. The zero-order valence-electron chi connectivity index (χ0n) is 11.8. The SMILES string of the molecule is CCC1CCCC(NCc2ccc(Cl)c([N+](=O)[O-])c2)C1. The highest BCUT2D eigenvalue weighted by molar-refractivity contribution is 6.32. The first-order chi connectivity index (χ1) is 9.60. The number of nitro groups is 1. The molecule has 1 aliphatic carbocycles. The summed E-state index contributed by atoms with van der Waals surface area (Å²) in [6.45, 7) is 2.91. The Bertz CT molecular complexity index is 479. The predicted octanol–water partition coefficient (Wildman–Crippen LogP) is 4.31. The van der Waals surface area contributed by atoms with Gasteiger partial charge in [0.15, 0.2) is 0 Å². The van der Waals surface area contributed by atoms with Crippen molar-refractivity contribution in [1.82, 2.24) is 5.32 Å². The second kappa shape index (κ2) is 7.04. The summed E-state index contributed by atoms with van der Waals surface area (Å²) in [6.07, 6.45) is 6.26. The van der Waals surface area contributed by atoms with Gasteiger partial charge in [0.1, 0.15) is 5.02 Å². The number of nitro benzene ring substituents is 1. The van der Waals surface area contributed by atoms with Crippen LogP contribution < -0.4 is 5.32 Å². The lowest BCUT2D eigenvalue weighted by molar-refractivity contribution is -0.384. The molecule has 2 rings (SSSR count). The van der Waals surface area contributed by atoms with Crippen LogP contribution in [0.25, 0.3) is 0 Å². The molecule has 1 fully saturated rings. The van der Waals surface area contributed by atoms with E-state index in [0.29, 0.717) is 12.6 Å². The van der Waals surface area contributed by atoms with Crippen LogP contribution in [0.1, 0.15) is 44.6 Å². The quantitative estimate of drug-likeness (QED) is 0.651. The molecule has 0 heterocycles. The van der Waals surface area contributed by atoms with Crippen molar-refractivity contribution in [2.24, 2.45) is 5.92 Å². The van der Waals surface area contributed by atoms with Crippen LogP contribution in [0.2, 0.25) is 5.02 Å². The van der Waals surface area contributed by atoms with Gasteiger partial charge in [-0.05, 0) is 30.4 Å². The molecular weight excluding hydrogens is 276 g/mol. The van der Waals surface area contributed by atoms with E-state index >= 15 is 0 Å². The molecule has 1 N–H and O–H groups in total. The third-order valence-electron chi connectivity index (χ3n) is 4.16. The average Bonchev–Trinajstić information content (AvgIpc) is 2.46. The van der Waals surface area contributed by atoms with Crippen molar-refractivity contribution in [3.63, 3.8) is 0 Å². The topological polar surface area (TPSA) is 55.2 Å². The number of benzene rings is 1. The van der Waals surface area contributed by atoms with E-state index in [1.807, 2.05) is 6.07 Å². The van der Waals surface area contributed by atoms with Crippen LogP contribution in [0, 0.1) is 16.0 Å². The zero-order valence-corrected chi connectivity index (χ0v) is 12.5. The highest BCUT2D eigenvalue weighted by Gasteiger charge is 2.20. The first-order valence-corrected chi connectivity index (χ1v) is 7.64.